The number of carbonyl (C=O) groups excluding carboxylic acids is 1. The molecule has 0 radical (unpaired) electrons. The molecule has 2 rings (SSSR count). The molecule has 1 aliphatic rings. The lowest BCUT2D eigenvalue weighted by Gasteiger charge is -2.13. The Morgan fingerprint density at radius 3 is 3.21 bits per heavy atom. The summed E-state index contributed by atoms with van der Waals surface area (Å²) in [6.07, 6.45) is 3.94. The molecular formula is C9H13N3O2. The van der Waals surface area contributed by atoms with Crippen LogP contribution in [0, 0.1) is 5.92 Å². The number of hydrogen-bond acceptors (Lipinski definition) is 4. The summed E-state index contributed by atoms with van der Waals surface area (Å²) in [7, 11) is 0. The molecule has 1 fully saturated rings. The largest absolute Gasteiger partial charge is 0.363 e. The number of nitrogens with zero attached hydrogens (tertiary/aromatic N) is 1. The molecule has 2 heterocycles. The minimum atomic E-state index is -0.0927. The van der Waals surface area contributed by atoms with E-state index in [-0.39, 0.29) is 11.9 Å². The summed E-state index contributed by atoms with van der Waals surface area (Å²) in [5.41, 5.74) is 0.607. The predicted octanol–water partition coefficient (Wildman–Crippen LogP) is 0.611. The quantitative estimate of drug-likeness (QED) is 0.725. The number of carbonyl (C=O) groups is 1. The van der Waals surface area contributed by atoms with Crippen molar-refractivity contribution in [3.8, 4) is 0 Å². The first-order valence-electron chi connectivity index (χ1n) is 4.71. The smallest absolute Gasteiger partial charge is 0.241 e. The third-order valence-corrected chi connectivity index (χ3v) is 2.52. The Kier molecular flexibility index (Phi) is 2.49. The summed E-state index contributed by atoms with van der Waals surface area (Å²) in [6, 6.07) is -0.0927. The van der Waals surface area contributed by atoms with Gasteiger partial charge in [-0.05, 0) is 18.9 Å². The number of nitrogens with one attached hydrogen (secondary N) is 2. The van der Waals surface area contributed by atoms with E-state index < -0.39 is 0 Å². The van der Waals surface area contributed by atoms with Crippen LogP contribution < -0.4 is 10.6 Å². The summed E-state index contributed by atoms with van der Waals surface area (Å²) in [5, 5.41) is 9.40. The molecule has 76 valence electrons. The van der Waals surface area contributed by atoms with Crippen LogP contribution in [0.1, 0.15) is 13.3 Å². The summed E-state index contributed by atoms with van der Waals surface area (Å²) in [4.78, 5) is 11.7. The van der Waals surface area contributed by atoms with Gasteiger partial charge in [-0.15, -0.1) is 0 Å². The molecule has 2 atom stereocenters. The summed E-state index contributed by atoms with van der Waals surface area (Å²) >= 11 is 0. The number of aromatic nitrogens is 1. The van der Waals surface area contributed by atoms with E-state index in [1.807, 2.05) is 0 Å². The second kappa shape index (κ2) is 3.79. The Morgan fingerprint density at radius 2 is 2.64 bits per heavy atom. The minimum absolute atomic E-state index is 0.0156. The lowest BCUT2D eigenvalue weighted by molar-refractivity contribution is -0.118. The van der Waals surface area contributed by atoms with Crippen molar-refractivity contribution < 1.29 is 9.32 Å². The van der Waals surface area contributed by atoms with Crippen molar-refractivity contribution in [3.63, 3.8) is 0 Å². The van der Waals surface area contributed by atoms with E-state index in [1.165, 1.54) is 12.5 Å². The molecule has 1 saturated heterocycles. The van der Waals surface area contributed by atoms with Crippen molar-refractivity contribution in [1.29, 1.82) is 0 Å². The maximum Gasteiger partial charge on any atom is 0.241 e. The Bertz CT molecular complexity index is 310. The van der Waals surface area contributed by atoms with Gasteiger partial charge in [-0.1, -0.05) is 12.1 Å². The van der Waals surface area contributed by atoms with E-state index in [0.29, 0.717) is 11.6 Å². The van der Waals surface area contributed by atoms with Crippen LogP contribution in [0.5, 0.6) is 0 Å². The first-order valence-corrected chi connectivity index (χ1v) is 4.71. The van der Waals surface area contributed by atoms with Gasteiger partial charge in [0.1, 0.15) is 12.0 Å². The molecular weight excluding hydrogens is 182 g/mol. The van der Waals surface area contributed by atoms with Crippen molar-refractivity contribution >= 4 is 11.6 Å². The fraction of sp³-hybridized carbons (Fsp3) is 0.556. The van der Waals surface area contributed by atoms with Gasteiger partial charge >= 0.3 is 0 Å². The lowest BCUT2D eigenvalue weighted by atomic mass is 10.0. The maximum atomic E-state index is 11.7. The van der Waals surface area contributed by atoms with E-state index in [9.17, 15) is 4.79 Å². The highest BCUT2D eigenvalue weighted by atomic mass is 16.5. The molecule has 5 nitrogen and oxygen atoms in total. The second-order valence-corrected chi connectivity index (χ2v) is 3.60. The highest BCUT2D eigenvalue weighted by Crippen LogP contribution is 2.16. The fourth-order valence-corrected chi connectivity index (χ4v) is 1.67. The van der Waals surface area contributed by atoms with Crippen LogP contribution in [0.25, 0.3) is 0 Å². The number of anilines is 1. The fourth-order valence-electron chi connectivity index (χ4n) is 1.67. The Labute approximate surface area is 81.8 Å². The standard InChI is InChI=1S/C9H13N3O2/c1-6-2-3-10-8(6)9(13)12-7-4-11-14-5-7/h4-6,8,10H,2-3H2,1H3,(H,12,13). The molecule has 0 bridgehead atoms. The van der Waals surface area contributed by atoms with Crippen LogP contribution in [-0.4, -0.2) is 23.7 Å². The van der Waals surface area contributed by atoms with Crippen LogP contribution >= 0.6 is 0 Å². The van der Waals surface area contributed by atoms with Gasteiger partial charge in [0.15, 0.2) is 0 Å². The number of amides is 1. The summed E-state index contributed by atoms with van der Waals surface area (Å²) in [6.45, 7) is 2.97. The van der Waals surface area contributed by atoms with Gasteiger partial charge < -0.3 is 15.2 Å². The van der Waals surface area contributed by atoms with Crippen molar-refractivity contribution in [2.75, 3.05) is 11.9 Å². The van der Waals surface area contributed by atoms with Crippen molar-refractivity contribution in [3.05, 3.63) is 12.5 Å². The summed E-state index contributed by atoms with van der Waals surface area (Å²) < 4.78 is 4.62. The molecule has 1 amide bonds. The van der Waals surface area contributed by atoms with Gasteiger partial charge in [0.05, 0.1) is 12.2 Å². The molecule has 1 aromatic rings. The number of hydrogen-bond donors (Lipinski definition) is 2. The average molecular weight is 195 g/mol. The van der Waals surface area contributed by atoms with Gasteiger partial charge in [-0.3, -0.25) is 4.79 Å². The normalized spacial score (nSPS) is 26.4. The molecule has 2 unspecified atom stereocenters. The van der Waals surface area contributed by atoms with Crippen molar-refractivity contribution in [2.24, 2.45) is 5.92 Å². The first kappa shape index (κ1) is 9.21. The molecule has 0 saturated carbocycles. The van der Waals surface area contributed by atoms with Crippen LogP contribution in [0.2, 0.25) is 0 Å². The zero-order valence-corrected chi connectivity index (χ0v) is 7.99. The van der Waals surface area contributed by atoms with E-state index in [1.54, 1.807) is 0 Å². The molecule has 1 aromatic heterocycles. The van der Waals surface area contributed by atoms with E-state index >= 15 is 0 Å². The minimum Gasteiger partial charge on any atom is -0.363 e. The predicted molar refractivity (Wildman–Crippen MR) is 50.7 cm³/mol. The zero-order chi connectivity index (χ0) is 9.97. The van der Waals surface area contributed by atoms with Crippen molar-refractivity contribution in [2.45, 2.75) is 19.4 Å². The second-order valence-electron chi connectivity index (χ2n) is 3.60. The molecule has 5 heteroatoms. The topological polar surface area (TPSA) is 67.2 Å². The first-order chi connectivity index (χ1) is 6.77. The third-order valence-electron chi connectivity index (χ3n) is 2.52. The van der Waals surface area contributed by atoms with Crippen LogP contribution in [0.4, 0.5) is 5.69 Å². The van der Waals surface area contributed by atoms with E-state index in [2.05, 4.69) is 27.2 Å². The SMILES string of the molecule is CC1CCNC1C(=O)Nc1cnoc1. The highest BCUT2D eigenvalue weighted by Gasteiger charge is 2.29. The lowest BCUT2D eigenvalue weighted by Crippen LogP contribution is -2.38. The van der Waals surface area contributed by atoms with Crippen LogP contribution in [-0.2, 0) is 4.79 Å². The Balaban J connectivity index is 1.95. The zero-order valence-electron chi connectivity index (χ0n) is 7.99. The molecule has 2 N–H and O–H groups in total. The van der Waals surface area contributed by atoms with Gasteiger partial charge in [0.25, 0.3) is 0 Å². The van der Waals surface area contributed by atoms with Crippen LogP contribution in [0.3, 0.4) is 0 Å². The molecule has 0 aromatic carbocycles. The van der Waals surface area contributed by atoms with E-state index in [4.69, 9.17) is 0 Å². The Hall–Kier alpha value is -1.36. The number of rotatable bonds is 2. The maximum absolute atomic E-state index is 11.7. The van der Waals surface area contributed by atoms with Gasteiger partial charge in [-0.2, -0.15) is 0 Å². The molecule has 0 aliphatic carbocycles. The monoisotopic (exact) mass is 195 g/mol. The van der Waals surface area contributed by atoms with Crippen molar-refractivity contribution in [1.82, 2.24) is 10.5 Å². The highest BCUT2D eigenvalue weighted by molar-refractivity contribution is 5.94. The van der Waals surface area contributed by atoms with Crippen LogP contribution in [0.15, 0.2) is 17.0 Å². The molecule has 14 heavy (non-hydrogen) atoms. The summed E-state index contributed by atoms with van der Waals surface area (Å²) in [5.74, 6) is 0.369. The van der Waals surface area contributed by atoms with E-state index in [0.717, 1.165) is 13.0 Å². The average Bonchev–Trinajstić information content (AvgIpc) is 2.75. The third kappa shape index (κ3) is 1.77. The van der Waals surface area contributed by atoms with Gasteiger partial charge in [-0.25, -0.2) is 0 Å². The molecule has 1 aliphatic heterocycles. The Morgan fingerprint density at radius 1 is 1.79 bits per heavy atom. The molecule has 0 spiro atoms. The van der Waals surface area contributed by atoms with Gasteiger partial charge in [0.2, 0.25) is 5.91 Å². The van der Waals surface area contributed by atoms with Gasteiger partial charge in [0, 0.05) is 0 Å².